The molecule has 26 heavy (non-hydrogen) atoms. The summed E-state index contributed by atoms with van der Waals surface area (Å²) >= 11 is 5.61. The molecule has 4 nitrogen and oxygen atoms in total. The van der Waals surface area contributed by atoms with E-state index in [1.807, 2.05) is 79.4 Å². The molecule has 2 aromatic rings. The summed E-state index contributed by atoms with van der Waals surface area (Å²) in [6, 6.07) is 19.6. The molecule has 0 spiro atoms. The standard InChI is InChI=1S/C21H22N2O2S/c1-3-25-20(24)18-15(2)23(14-16-10-6-4-7-11-16)21(26)22-19(18)17-12-8-5-9-13-17/h4-13,19H,3,14H2,1-2H3,(H,22,26)/t19-/m1/s1. The molecule has 0 bridgehead atoms. The number of hydrogen-bond acceptors (Lipinski definition) is 3. The molecule has 0 radical (unpaired) electrons. The second kappa shape index (κ2) is 8.15. The number of nitrogens with one attached hydrogen (secondary N) is 1. The van der Waals surface area contributed by atoms with Gasteiger partial charge in [-0.2, -0.15) is 0 Å². The largest absolute Gasteiger partial charge is 0.463 e. The summed E-state index contributed by atoms with van der Waals surface area (Å²) in [6.45, 7) is 4.68. The second-order valence-electron chi connectivity index (χ2n) is 6.08. The molecular weight excluding hydrogens is 344 g/mol. The molecule has 1 atom stereocenters. The first kappa shape index (κ1) is 18.1. The minimum Gasteiger partial charge on any atom is -0.463 e. The van der Waals surface area contributed by atoms with E-state index in [1.54, 1.807) is 0 Å². The van der Waals surface area contributed by atoms with Crippen LogP contribution in [0.1, 0.15) is 31.0 Å². The maximum Gasteiger partial charge on any atom is 0.338 e. The van der Waals surface area contributed by atoms with Crippen molar-refractivity contribution >= 4 is 23.3 Å². The van der Waals surface area contributed by atoms with Crippen molar-refractivity contribution in [2.75, 3.05) is 6.61 Å². The van der Waals surface area contributed by atoms with Gasteiger partial charge in [-0.25, -0.2) is 4.79 Å². The van der Waals surface area contributed by atoms with Crippen LogP contribution in [0, 0.1) is 0 Å². The number of hydrogen-bond donors (Lipinski definition) is 1. The van der Waals surface area contributed by atoms with E-state index in [4.69, 9.17) is 17.0 Å². The number of thiocarbonyl (C=S) groups is 1. The molecule has 5 heteroatoms. The van der Waals surface area contributed by atoms with Crippen LogP contribution >= 0.6 is 12.2 Å². The number of nitrogens with zero attached hydrogens (tertiary/aromatic N) is 1. The zero-order valence-corrected chi connectivity index (χ0v) is 15.8. The van der Waals surface area contributed by atoms with Crippen molar-refractivity contribution in [2.24, 2.45) is 0 Å². The molecule has 1 heterocycles. The summed E-state index contributed by atoms with van der Waals surface area (Å²) in [6.07, 6.45) is 0. The third kappa shape index (κ3) is 3.78. The first-order valence-corrected chi connectivity index (χ1v) is 9.07. The molecule has 0 saturated heterocycles. The summed E-state index contributed by atoms with van der Waals surface area (Å²) in [5.74, 6) is -0.313. The van der Waals surface area contributed by atoms with E-state index >= 15 is 0 Å². The van der Waals surface area contributed by atoms with Gasteiger partial charge in [-0.1, -0.05) is 60.7 Å². The highest BCUT2D eigenvalue weighted by Gasteiger charge is 2.34. The Balaban J connectivity index is 2.01. The molecule has 3 rings (SSSR count). The van der Waals surface area contributed by atoms with Crippen LogP contribution in [0.15, 0.2) is 71.9 Å². The van der Waals surface area contributed by atoms with Gasteiger partial charge in [0, 0.05) is 12.2 Å². The summed E-state index contributed by atoms with van der Waals surface area (Å²) in [5.41, 5.74) is 3.53. The Bertz CT molecular complexity index is 818. The highest BCUT2D eigenvalue weighted by molar-refractivity contribution is 7.80. The van der Waals surface area contributed by atoms with Crippen molar-refractivity contribution in [1.82, 2.24) is 10.2 Å². The quantitative estimate of drug-likeness (QED) is 0.641. The third-order valence-electron chi connectivity index (χ3n) is 4.41. The van der Waals surface area contributed by atoms with Crippen molar-refractivity contribution in [2.45, 2.75) is 26.4 Å². The van der Waals surface area contributed by atoms with E-state index in [0.717, 1.165) is 16.8 Å². The minimum absolute atomic E-state index is 0.310. The fraction of sp³-hybridized carbons (Fsp3) is 0.238. The smallest absolute Gasteiger partial charge is 0.338 e. The zero-order valence-electron chi connectivity index (χ0n) is 14.9. The lowest BCUT2D eigenvalue weighted by Gasteiger charge is -2.37. The first-order chi connectivity index (χ1) is 12.6. The molecule has 1 N–H and O–H groups in total. The summed E-state index contributed by atoms with van der Waals surface area (Å²) in [4.78, 5) is 14.7. The monoisotopic (exact) mass is 366 g/mol. The van der Waals surface area contributed by atoms with Gasteiger partial charge in [0.2, 0.25) is 0 Å². The lowest BCUT2D eigenvalue weighted by Crippen LogP contribution is -2.47. The SMILES string of the molecule is CCOC(=O)C1=C(C)N(Cc2ccccc2)C(=S)N[C@@H]1c1ccccc1. The average molecular weight is 366 g/mol. The van der Waals surface area contributed by atoms with Crippen LogP contribution in [0.25, 0.3) is 0 Å². The highest BCUT2D eigenvalue weighted by Crippen LogP contribution is 2.32. The van der Waals surface area contributed by atoms with E-state index in [1.165, 1.54) is 0 Å². The average Bonchev–Trinajstić information content (AvgIpc) is 2.66. The second-order valence-corrected chi connectivity index (χ2v) is 6.47. The van der Waals surface area contributed by atoms with Crippen molar-refractivity contribution < 1.29 is 9.53 Å². The Labute approximate surface area is 159 Å². The number of esters is 1. The van der Waals surface area contributed by atoms with Gasteiger partial charge in [0.15, 0.2) is 5.11 Å². The molecule has 0 fully saturated rings. The zero-order chi connectivity index (χ0) is 18.5. The summed E-state index contributed by atoms with van der Waals surface area (Å²) in [5, 5.41) is 3.93. The molecule has 1 aliphatic heterocycles. The van der Waals surface area contributed by atoms with E-state index in [0.29, 0.717) is 23.8 Å². The predicted octanol–water partition coefficient (Wildman–Crippen LogP) is 3.96. The van der Waals surface area contributed by atoms with Gasteiger partial charge in [-0.3, -0.25) is 0 Å². The van der Waals surface area contributed by atoms with E-state index in [2.05, 4.69) is 5.32 Å². The van der Waals surface area contributed by atoms with Crippen LogP contribution in [-0.4, -0.2) is 22.6 Å². The van der Waals surface area contributed by atoms with E-state index in [-0.39, 0.29) is 12.0 Å². The molecule has 1 aliphatic rings. The third-order valence-corrected chi connectivity index (χ3v) is 4.75. The molecule has 0 amide bonds. The maximum absolute atomic E-state index is 12.7. The number of carbonyl (C=O) groups excluding carboxylic acids is 1. The van der Waals surface area contributed by atoms with Crippen LogP contribution in [0.5, 0.6) is 0 Å². The van der Waals surface area contributed by atoms with Gasteiger partial charge < -0.3 is 15.0 Å². The molecule has 2 aromatic carbocycles. The number of rotatable bonds is 5. The predicted molar refractivity (Wildman–Crippen MR) is 106 cm³/mol. The molecular formula is C21H22N2O2S. The number of carbonyl (C=O) groups is 1. The number of ether oxygens (including phenoxy) is 1. The van der Waals surface area contributed by atoms with Crippen molar-refractivity contribution in [1.29, 1.82) is 0 Å². The van der Waals surface area contributed by atoms with Crippen molar-refractivity contribution in [3.8, 4) is 0 Å². The molecule has 0 saturated carbocycles. The fourth-order valence-electron chi connectivity index (χ4n) is 3.11. The minimum atomic E-state index is -0.313. The Kier molecular flexibility index (Phi) is 5.68. The molecule has 0 unspecified atom stereocenters. The lowest BCUT2D eigenvalue weighted by molar-refractivity contribution is -0.139. The van der Waals surface area contributed by atoms with Gasteiger partial charge in [0.1, 0.15) is 0 Å². The lowest BCUT2D eigenvalue weighted by atomic mass is 9.95. The summed E-state index contributed by atoms with van der Waals surface area (Å²) in [7, 11) is 0. The van der Waals surface area contributed by atoms with Gasteiger partial charge in [0.25, 0.3) is 0 Å². The molecule has 0 aromatic heterocycles. The van der Waals surface area contributed by atoms with Gasteiger partial charge in [-0.15, -0.1) is 0 Å². The van der Waals surface area contributed by atoms with Crippen LogP contribution in [0.4, 0.5) is 0 Å². The van der Waals surface area contributed by atoms with Crippen LogP contribution in [0.3, 0.4) is 0 Å². The Morgan fingerprint density at radius 3 is 2.35 bits per heavy atom. The normalized spacial score (nSPS) is 17.1. The topological polar surface area (TPSA) is 41.6 Å². The Morgan fingerprint density at radius 2 is 1.73 bits per heavy atom. The maximum atomic E-state index is 12.7. The van der Waals surface area contributed by atoms with Crippen LogP contribution in [0.2, 0.25) is 0 Å². The van der Waals surface area contributed by atoms with Gasteiger partial charge >= 0.3 is 5.97 Å². The Hall–Kier alpha value is -2.66. The van der Waals surface area contributed by atoms with Crippen molar-refractivity contribution in [3.63, 3.8) is 0 Å². The first-order valence-electron chi connectivity index (χ1n) is 8.66. The van der Waals surface area contributed by atoms with E-state index in [9.17, 15) is 4.79 Å². The van der Waals surface area contributed by atoms with Crippen molar-refractivity contribution in [3.05, 3.63) is 83.1 Å². The highest BCUT2D eigenvalue weighted by atomic mass is 32.1. The number of benzene rings is 2. The number of allylic oxidation sites excluding steroid dienone is 1. The van der Waals surface area contributed by atoms with Crippen LogP contribution < -0.4 is 5.32 Å². The molecule has 134 valence electrons. The van der Waals surface area contributed by atoms with Gasteiger partial charge in [-0.05, 0) is 37.2 Å². The summed E-state index contributed by atoms with van der Waals surface area (Å²) < 4.78 is 5.33. The molecule has 0 aliphatic carbocycles. The van der Waals surface area contributed by atoms with Crippen LogP contribution in [-0.2, 0) is 16.1 Å². The van der Waals surface area contributed by atoms with E-state index < -0.39 is 0 Å². The fourth-order valence-corrected chi connectivity index (χ4v) is 3.43. The van der Waals surface area contributed by atoms with Gasteiger partial charge in [0.05, 0.1) is 18.2 Å². The Morgan fingerprint density at radius 1 is 1.12 bits per heavy atom.